The van der Waals surface area contributed by atoms with Gasteiger partial charge in [-0.15, -0.1) is 11.3 Å². The predicted molar refractivity (Wildman–Crippen MR) is 83.3 cm³/mol. The van der Waals surface area contributed by atoms with E-state index in [4.69, 9.17) is 4.74 Å². The van der Waals surface area contributed by atoms with E-state index in [0.717, 1.165) is 17.0 Å². The maximum atomic E-state index is 12.0. The highest BCUT2D eigenvalue weighted by molar-refractivity contribution is 7.12. The van der Waals surface area contributed by atoms with Gasteiger partial charge >= 0.3 is 5.97 Å². The number of hydrogen-bond donors (Lipinski definition) is 1. The summed E-state index contributed by atoms with van der Waals surface area (Å²) in [6.45, 7) is 4.14. The zero-order valence-electron chi connectivity index (χ0n) is 12.0. The van der Waals surface area contributed by atoms with Crippen LogP contribution in [0.25, 0.3) is 0 Å². The molecule has 0 aliphatic rings. The minimum absolute atomic E-state index is 0.268. The molecule has 1 heterocycles. The van der Waals surface area contributed by atoms with Crippen LogP contribution in [0.4, 0.5) is 5.69 Å². The van der Waals surface area contributed by atoms with Gasteiger partial charge in [0.25, 0.3) is 0 Å². The summed E-state index contributed by atoms with van der Waals surface area (Å²) in [6.07, 6.45) is 0.975. The number of rotatable bonds is 5. The number of hydrogen-bond acceptors (Lipinski definition) is 4. The Morgan fingerprint density at radius 1 is 1.25 bits per heavy atom. The van der Waals surface area contributed by atoms with Crippen molar-refractivity contribution in [2.45, 2.75) is 26.3 Å². The summed E-state index contributed by atoms with van der Waals surface area (Å²) in [5.74, 6) is -0.268. The van der Waals surface area contributed by atoms with Crippen LogP contribution in [-0.2, 0) is 16.0 Å². The van der Waals surface area contributed by atoms with E-state index in [9.17, 15) is 4.79 Å². The van der Waals surface area contributed by atoms with Crippen molar-refractivity contribution >= 4 is 23.0 Å². The SMILES string of the molecule is CCc1ccc(C(Nc2ccc(C)cc2)C(=O)OC)s1. The van der Waals surface area contributed by atoms with Gasteiger partial charge in [0.1, 0.15) is 0 Å². The fourth-order valence-electron chi connectivity index (χ4n) is 1.92. The third kappa shape index (κ3) is 3.39. The average molecular weight is 289 g/mol. The highest BCUT2D eigenvalue weighted by atomic mass is 32.1. The number of benzene rings is 1. The molecule has 1 aromatic carbocycles. The summed E-state index contributed by atoms with van der Waals surface area (Å²) in [5.41, 5.74) is 2.10. The Kier molecular flexibility index (Phi) is 4.79. The van der Waals surface area contributed by atoms with Crippen LogP contribution >= 0.6 is 11.3 Å². The first-order chi connectivity index (χ1) is 9.63. The lowest BCUT2D eigenvalue weighted by Crippen LogP contribution is -2.21. The van der Waals surface area contributed by atoms with E-state index in [1.165, 1.54) is 17.6 Å². The first-order valence-corrected chi connectivity index (χ1v) is 7.45. The lowest BCUT2D eigenvalue weighted by atomic mass is 10.2. The van der Waals surface area contributed by atoms with Crippen LogP contribution in [0.2, 0.25) is 0 Å². The molecule has 4 heteroatoms. The molecule has 20 heavy (non-hydrogen) atoms. The molecule has 106 valence electrons. The quantitative estimate of drug-likeness (QED) is 0.847. The van der Waals surface area contributed by atoms with Gasteiger partial charge in [0.2, 0.25) is 0 Å². The maximum absolute atomic E-state index is 12.0. The van der Waals surface area contributed by atoms with Crippen molar-refractivity contribution in [1.82, 2.24) is 0 Å². The van der Waals surface area contributed by atoms with E-state index in [2.05, 4.69) is 18.3 Å². The number of aryl methyl sites for hydroxylation is 2. The molecule has 0 aliphatic heterocycles. The summed E-state index contributed by atoms with van der Waals surface area (Å²) in [7, 11) is 1.42. The molecule has 0 saturated carbocycles. The minimum Gasteiger partial charge on any atom is -0.467 e. The van der Waals surface area contributed by atoms with E-state index < -0.39 is 6.04 Å². The van der Waals surface area contributed by atoms with E-state index >= 15 is 0 Å². The van der Waals surface area contributed by atoms with Crippen molar-refractivity contribution in [3.8, 4) is 0 Å². The maximum Gasteiger partial charge on any atom is 0.333 e. The molecule has 0 fully saturated rings. The highest BCUT2D eigenvalue weighted by Gasteiger charge is 2.23. The monoisotopic (exact) mass is 289 g/mol. The van der Waals surface area contributed by atoms with Crippen LogP contribution in [0.1, 0.15) is 28.3 Å². The molecule has 0 saturated heterocycles. The van der Waals surface area contributed by atoms with Gasteiger partial charge in [-0.1, -0.05) is 24.6 Å². The Labute approximate surface area is 123 Å². The molecule has 1 unspecified atom stereocenters. The second-order valence-electron chi connectivity index (χ2n) is 4.62. The first kappa shape index (κ1) is 14.6. The van der Waals surface area contributed by atoms with Gasteiger partial charge in [-0.25, -0.2) is 4.79 Å². The topological polar surface area (TPSA) is 38.3 Å². The van der Waals surface area contributed by atoms with Crippen LogP contribution < -0.4 is 5.32 Å². The smallest absolute Gasteiger partial charge is 0.333 e. The zero-order chi connectivity index (χ0) is 14.5. The van der Waals surface area contributed by atoms with Crippen LogP contribution in [0.5, 0.6) is 0 Å². The molecule has 0 radical (unpaired) electrons. The zero-order valence-corrected chi connectivity index (χ0v) is 12.8. The molecule has 0 spiro atoms. The number of thiophene rings is 1. The average Bonchev–Trinajstić information content (AvgIpc) is 2.94. The van der Waals surface area contributed by atoms with Crippen molar-refractivity contribution in [2.24, 2.45) is 0 Å². The van der Waals surface area contributed by atoms with Gasteiger partial charge < -0.3 is 10.1 Å². The number of carbonyl (C=O) groups is 1. The largest absolute Gasteiger partial charge is 0.467 e. The Balaban J connectivity index is 2.23. The minimum atomic E-state index is -0.451. The van der Waals surface area contributed by atoms with E-state index in [-0.39, 0.29) is 5.97 Å². The summed E-state index contributed by atoms with van der Waals surface area (Å²) in [4.78, 5) is 14.2. The number of esters is 1. The van der Waals surface area contributed by atoms with Crippen molar-refractivity contribution in [3.05, 3.63) is 51.7 Å². The van der Waals surface area contributed by atoms with Gasteiger partial charge in [0.05, 0.1) is 7.11 Å². The van der Waals surface area contributed by atoms with Gasteiger partial charge in [0.15, 0.2) is 6.04 Å². The molecular formula is C16H19NO2S. The molecule has 0 amide bonds. The fraction of sp³-hybridized carbons (Fsp3) is 0.312. The lowest BCUT2D eigenvalue weighted by molar-refractivity contribution is -0.141. The summed E-state index contributed by atoms with van der Waals surface area (Å²) >= 11 is 1.64. The molecule has 0 aliphatic carbocycles. The lowest BCUT2D eigenvalue weighted by Gasteiger charge is -2.16. The van der Waals surface area contributed by atoms with Gasteiger partial charge in [-0.3, -0.25) is 0 Å². The predicted octanol–water partition coefficient (Wildman–Crippen LogP) is 3.95. The second-order valence-corrected chi connectivity index (χ2v) is 5.82. The van der Waals surface area contributed by atoms with E-state index in [1.54, 1.807) is 11.3 Å². The number of carbonyl (C=O) groups excluding carboxylic acids is 1. The molecule has 1 aromatic heterocycles. The number of methoxy groups -OCH3 is 1. The Morgan fingerprint density at radius 2 is 1.95 bits per heavy atom. The van der Waals surface area contributed by atoms with E-state index in [0.29, 0.717) is 0 Å². The van der Waals surface area contributed by atoms with Crippen molar-refractivity contribution in [2.75, 3.05) is 12.4 Å². The van der Waals surface area contributed by atoms with Gasteiger partial charge in [-0.2, -0.15) is 0 Å². The van der Waals surface area contributed by atoms with Crippen molar-refractivity contribution < 1.29 is 9.53 Å². The molecule has 1 N–H and O–H groups in total. The fourth-order valence-corrected chi connectivity index (χ4v) is 2.91. The molecule has 1 atom stereocenters. The second kappa shape index (κ2) is 6.57. The number of anilines is 1. The van der Waals surface area contributed by atoms with Gasteiger partial charge in [-0.05, 0) is 37.6 Å². The standard InChI is InChI=1S/C16H19NO2S/c1-4-13-9-10-14(20-13)15(16(18)19-3)17-12-7-5-11(2)6-8-12/h5-10,15,17H,4H2,1-3H3. The van der Waals surface area contributed by atoms with Crippen LogP contribution in [0.3, 0.4) is 0 Å². The first-order valence-electron chi connectivity index (χ1n) is 6.63. The number of nitrogens with one attached hydrogen (secondary N) is 1. The van der Waals surface area contributed by atoms with Crippen LogP contribution in [-0.4, -0.2) is 13.1 Å². The highest BCUT2D eigenvalue weighted by Crippen LogP contribution is 2.28. The Morgan fingerprint density at radius 3 is 2.50 bits per heavy atom. The van der Waals surface area contributed by atoms with Crippen molar-refractivity contribution in [1.29, 1.82) is 0 Å². The van der Waals surface area contributed by atoms with Gasteiger partial charge in [0, 0.05) is 15.4 Å². The Bertz CT molecular complexity index is 574. The summed E-state index contributed by atoms with van der Waals surface area (Å²) in [6, 6.07) is 11.6. The summed E-state index contributed by atoms with van der Waals surface area (Å²) in [5, 5.41) is 3.25. The third-order valence-corrected chi connectivity index (χ3v) is 4.41. The molecule has 3 nitrogen and oxygen atoms in total. The van der Waals surface area contributed by atoms with Crippen molar-refractivity contribution in [3.63, 3.8) is 0 Å². The number of ether oxygens (including phenoxy) is 1. The summed E-state index contributed by atoms with van der Waals surface area (Å²) < 4.78 is 4.91. The Hall–Kier alpha value is -1.81. The normalized spacial score (nSPS) is 11.9. The van der Waals surface area contributed by atoms with Crippen LogP contribution in [0.15, 0.2) is 36.4 Å². The van der Waals surface area contributed by atoms with E-state index in [1.807, 2.05) is 37.3 Å². The van der Waals surface area contributed by atoms with Crippen LogP contribution in [0, 0.1) is 6.92 Å². The molecule has 2 rings (SSSR count). The molecular weight excluding hydrogens is 270 g/mol. The molecule has 0 bridgehead atoms. The molecule has 2 aromatic rings. The third-order valence-electron chi connectivity index (χ3n) is 3.11.